The summed E-state index contributed by atoms with van der Waals surface area (Å²) in [5, 5.41) is 6.14. The molecule has 176 valence electrons. The number of allylic oxidation sites excluding steroid dienone is 1. The van der Waals surface area contributed by atoms with E-state index in [1.807, 2.05) is 42.5 Å². The number of nitrogens with zero attached hydrogens (tertiary/aromatic N) is 4. The summed E-state index contributed by atoms with van der Waals surface area (Å²) in [5.41, 5.74) is 3.48. The fourth-order valence-corrected chi connectivity index (χ4v) is 4.00. The van der Waals surface area contributed by atoms with E-state index in [0.717, 1.165) is 43.4 Å². The van der Waals surface area contributed by atoms with E-state index in [1.165, 1.54) is 18.2 Å². The van der Waals surface area contributed by atoms with Gasteiger partial charge in [0, 0.05) is 63.5 Å². The number of hydrogen-bond acceptors (Lipinski definition) is 6. The van der Waals surface area contributed by atoms with Gasteiger partial charge in [0.2, 0.25) is 5.91 Å². The standard InChI is InChI=1S/C27H32N6O/c1-21(19-23-9-5-3-6-10-23)32-15-17-33(18-16-32)26-20-25(29-14-13-28-22(2)34)30-27(31-26)24-11-7-4-8-12-24/h3-12,19-20H,13-18H2,1-2H3,(H,28,34)(H,29,30,31)/b21-19-. The third-order valence-corrected chi connectivity index (χ3v) is 5.83. The average molecular weight is 457 g/mol. The maximum atomic E-state index is 11.2. The molecule has 0 aliphatic carbocycles. The number of aromatic nitrogens is 2. The smallest absolute Gasteiger partial charge is 0.216 e. The van der Waals surface area contributed by atoms with Gasteiger partial charge in [0.1, 0.15) is 11.6 Å². The summed E-state index contributed by atoms with van der Waals surface area (Å²) >= 11 is 0. The molecule has 1 amide bonds. The summed E-state index contributed by atoms with van der Waals surface area (Å²) in [4.78, 5) is 25.5. The predicted octanol–water partition coefficient (Wildman–Crippen LogP) is 3.87. The number of hydrogen-bond donors (Lipinski definition) is 2. The van der Waals surface area contributed by atoms with E-state index in [0.29, 0.717) is 18.9 Å². The molecule has 3 aromatic rings. The molecule has 4 rings (SSSR count). The van der Waals surface area contributed by atoms with E-state index in [2.05, 4.69) is 57.7 Å². The van der Waals surface area contributed by atoms with Gasteiger partial charge >= 0.3 is 0 Å². The zero-order valence-corrected chi connectivity index (χ0v) is 19.9. The molecule has 0 spiro atoms. The molecule has 7 heteroatoms. The second-order valence-electron chi connectivity index (χ2n) is 8.38. The summed E-state index contributed by atoms with van der Waals surface area (Å²) < 4.78 is 0. The molecule has 34 heavy (non-hydrogen) atoms. The van der Waals surface area contributed by atoms with Crippen LogP contribution >= 0.6 is 0 Å². The molecule has 2 heterocycles. The van der Waals surface area contributed by atoms with E-state index in [-0.39, 0.29) is 5.91 Å². The molecule has 1 saturated heterocycles. The Bertz CT molecular complexity index is 1110. The van der Waals surface area contributed by atoms with Crippen LogP contribution in [0.4, 0.5) is 11.6 Å². The first-order chi connectivity index (χ1) is 16.6. The van der Waals surface area contributed by atoms with Crippen molar-refractivity contribution in [2.24, 2.45) is 0 Å². The Balaban J connectivity index is 1.47. The van der Waals surface area contributed by atoms with Crippen LogP contribution in [0, 0.1) is 0 Å². The number of rotatable bonds is 8. The highest BCUT2D eigenvalue weighted by Gasteiger charge is 2.20. The second kappa shape index (κ2) is 11.3. The van der Waals surface area contributed by atoms with Gasteiger partial charge in [-0.2, -0.15) is 0 Å². The van der Waals surface area contributed by atoms with Crippen molar-refractivity contribution in [1.29, 1.82) is 0 Å². The Hall–Kier alpha value is -3.87. The Morgan fingerprint density at radius 2 is 1.59 bits per heavy atom. The number of carbonyl (C=O) groups excluding carboxylic acids is 1. The highest BCUT2D eigenvalue weighted by atomic mass is 16.1. The molecule has 7 nitrogen and oxygen atoms in total. The van der Waals surface area contributed by atoms with Crippen LogP contribution in [0.25, 0.3) is 17.5 Å². The van der Waals surface area contributed by atoms with Crippen LogP contribution in [0.3, 0.4) is 0 Å². The highest BCUT2D eigenvalue weighted by Crippen LogP contribution is 2.24. The minimum absolute atomic E-state index is 0.0374. The van der Waals surface area contributed by atoms with Crippen LogP contribution in [0.2, 0.25) is 0 Å². The molecule has 2 N–H and O–H groups in total. The molecular weight excluding hydrogens is 424 g/mol. The van der Waals surface area contributed by atoms with Gasteiger partial charge in [-0.3, -0.25) is 4.79 Å². The van der Waals surface area contributed by atoms with Crippen molar-refractivity contribution in [3.63, 3.8) is 0 Å². The molecular formula is C27H32N6O. The molecule has 2 aromatic carbocycles. The van der Waals surface area contributed by atoms with Crippen LogP contribution in [-0.4, -0.2) is 60.0 Å². The number of benzene rings is 2. The van der Waals surface area contributed by atoms with Gasteiger partial charge < -0.3 is 20.4 Å². The van der Waals surface area contributed by atoms with Gasteiger partial charge in [-0.05, 0) is 18.6 Å². The topological polar surface area (TPSA) is 73.4 Å². The molecule has 1 aliphatic rings. The monoisotopic (exact) mass is 456 g/mol. The fourth-order valence-electron chi connectivity index (χ4n) is 4.00. The summed E-state index contributed by atoms with van der Waals surface area (Å²) in [6, 6.07) is 22.5. The zero-order valence-electron chi connectivity index (χ0n) is 19.9. The normalized spacial score (nSPS) is 14.1. The van der Waals surface area contributed by atoms with Crippen molar-refractivity contribution in [2.75, 3.05) is 49.5 Å². The number of amides is 1. The van der Waals surface area contributed by atoms with Crippen molar-refractivity contribution in [3.8, 4) is 11.4 Å². The molecule has 1 aromatic heterocycles. The van der Waals surface area contributed by atoms with Crippen LogP contribution < -0.4 is 15.5 Å². The van der Waals surface area contributed by atoms with E-state index in [4.69, 9.17) is 9.97 Å². The first-order valence-electron chi connectivity index (χ1n) is 11.7. The molecule has 1 aliphatic heterocycles. The SMILES string of the molecule is CC(=O)NCCNc1cc(N2CCN(/C(C)=C\c3ccccc3)CC2)nc(-c2ccccc2)n1. The third-order valence-electron chi connectivity index (χ3n) is 5.83. The lowest BCUT2D eigenvalue weighted by molar-refractivity contribution is -0.118. The Morgan fingerprint density at radius 3 is 2.26 bits per heavy atom. The number of piperazine rings is 1. The van der Waals surface area contributed by atoms with Gasteiger partial charge in [0.05, 0.1) is 0 Å². The van der Waals surface area contributed by atoms with E-state index >= 15 is 0 Å². The Labute approximate surface area is 201 Å². The summed E-state index contributed by atoms with van der Waals surface area (Å²) in [7, 11) is 0. The zero-order chi connectivity index (χ0) is 23.8. The highest BCUT2D eigenvalue weighted by molar-refractivity contribution is 5.72. The second-order valence-corrected chi connectivity index (χ2v) is 8.38. The lowest BCUT2D eigenvalue weighted by atomic mass is 10.2. The van der Waals surface area contributed by atoms with Crippen molar-refractivity contribution < 1.29 is 4.79 Å². The number of nitrogens with one attached hydrogen (secondary N) is 2. The first kappa shape index (κ1) is 23.3. The van der Waals surface area contributed by atoms with Gasteiger partial charge in [-0.25, -0.2) is 9.97 Å². The van der Waals surface area contributed by atoms with Gasteiger partial charge in [0.15, 0.2) is 5.82 Å². The van der Waals surface area contributed by atoms with Crippen molar-refractivity contribution in [3.05, 3.63) is 78.0 Å². The van der Waals surface area contributed by atoms with Crippen molar-refractivity contribution in [2.45, 2.75) is 13.8 Å². The predicted molar refractivity (Wildman–Crippen MR) is 139 cm³/mol. The summed E-state index contributed by atoms with van der Waals surface area (Å²) in [5.74, 6) is 2.34. The molecule has 1 fully saturated rings. The molecule has 0 unspecified atom stereocenters. The third kappa shape index (κ3) is 6.34. The average Bonchev–Trinajstić information content (AvgIpc) is 2.87. The molecule has 0 saturated carbocycles. The molecule has 0 bridgehead atoms. The van der Waals surface area contributed by atoms with E-state index < -0.39 is 0 Å². The number of anilines is 2. The largest absolute Gasteiger partial charge is 0.371 e. The quantitative estimate of drug-likeness (QED) is 0.501. The Kier molecular flexibility index (Phi) is 7.75. The van der Waals surface area contributed by atoms with Crippen molar-refractivity contribution >= 4 is 23.6 Å². The molecule has 0 radical (unpaired) electrons. The summed E-state index contributed by atoms with van der Waals surface area (Å²) in [6.45, 7) is 8.48. The van der Waals surface area contributed by atoms with Crippen LogP contribution in [0.15, 0.2) is 72.4 Å². The van der Waals surface area contributed by atoms with Crippen LogP contribution in [0.1, 0.15) is 19.4 Å². The van der Waals surface area contributed by atoms with Crippen LogP contribution in [-0.2, 0) is 4.79 Å². The van der Waals surface area contributed by atoms with Gasteiger partial charge in [-0.1, -0.05) is 60.7 Å². The minimum Gasteiger partial charge on any atom is -0.371 e. The fraction of sp³-hybridized carbons (Fsp3) is 0.296. The number of carbonyl (C=O) groups is 1. The lowest BCUT2D eigenvalue weighted by Gasteiger charge is -2.37. The lowest BCUT2D eigenvalue weighted by Crippen LogP contribution is -2.45. The first-order valence-corrected chi connectivity index (χ1v) is 11.7. The Morgan fingerprint density at radius 1 is 0.912 bits per heavy atom. The molecule has 0 atom stereocenters. The van der Waals surface area contributed by atoms with E-state index in [9.17, 15) is 4.79 Å². The maximum absolute atomic E-state index is 11.2. The van der Waals surface area contributed by atoms with Crippen LogP contribution in [0.5, 0.6) is 0 Å². The van der Waals surface area contributed by atoms with E-state index in [1.54, 1.807) is 0 Å². The van der Waals surface area contributed by atoms with Gasteiger partial charge in [-0.15, -0.1) is 0 Å². The maximum Gasteiger partial charge on any atom is 0.216 e. The minimum atomic E-state index is -0.0374. The summed E-state index contributed by atoms with van der Waals surface area (Å²) in [6.07, 6.45) is 2.24. The van der Waals surface area contributed by atoms with Crippen molar-refractivity contribution in [1.82, 2.24) is 20.2 Å². The van der Waals surface area contributed by atoms with Gasteiger partial charge in [0.25, 0.3) is 0 Å².